The van der Waals surface area contributed by atoms with Gasteiger partial charge in [0.15, 0.2) is 0 Å². The number of ether oxygens (including phenoxy) is 1. The zero-order chi connectivity index (χ0) is 19.4. The van der Waals surface area contributed by atoms with Gasteiger partial charge in [-0.3, -0.25) is 4.79 Å². The fraction of sp³-hybridized carbons (Fsp3) is 0.421. The summed E-state index contributed by atoms with van der Waals surface area (Å²) in [5.74, 6) is -1.08. The molecule has 0 aromatic heterocycles. The molecule has 0 saturated carbocycles. The fourth-order valence-electron chi connectivity index (χ4n) is 1.96. The lowest BCUT2D eigenvalue weighted by Gasteiger charge is -2.11. The third-order valence-electron chi connectivity index (χ3n) is 3.44. The molecule has 0 aliphatic rings. The van der Waals surface area contributed by atoms with Gasteiger partial charge in [-0.05, 0) is 32.6 Å². The molecule has 0 saturated heterocycles. The number of carbonyl (C=O) groups excluding carboxylic acids is 2. The van der Waals surface area contributed by atoms with Crippen molar-refractivity contribution in [3.05, 3.63) is 41.6 Å². The molecule has 0 radical (unpaired) electrons. The molecule has 0 spiro atoms. The Kier molecular flexibility index (Phi) is 9.50. The lowest BCUT2D eigenvalue weighted by Crippen LogP contribution is -2.25. The average Bonchev–Trinajstić information content (AvgIpc) is 2.62. The van der Waals surface area contributed by atoms with Crippen LogP contribution in [-0.4, -0.2) is 50.6 Å². The number of anilines is 1. The number of nitriles is 1. The van der Waals surface area contributed by atoms with E-state index < -0.39 is 11.9 Å². The quantitative estimate of drug-likeness (QED) is 0.288. The average molecular weight is 358 g/mol. The van der Waals surface area contributed by atoms with E-state index in [1.54, 1.807) is 24.3 Å². The number of unbranched alkanes of at least 4 members (excludes halogenated alkanes) is 1. The van der Waals surface area contributed by atoms with E-state index in [0.29, 0.717) is 18.8 Å². The van der Waals surface area contributed by atoms with Crippen molar-refractivity contribution in [2.75, 3.05) is 39.1 Å². The second-order valence-corrected chi connectivity index (χ2v) is 5.92. The molecule has 140 valence electrons. The van der Waals surface area contributed by atoms with Crippen molar-refractivity contribution in [2.24, 2.45) is 0 Å². The number of amides is 1. The van der Waals surface area contributed by atoms with E-state index in [1.807, 2.05) is 32.0 Å². The van der Waals surface area contributed by atoms with Gasteiger partial charge in [-0.25, -0.2) is 4.79 Å². The van der Waals surface area contributed by atoms with E-state index in [1.165, 1.54) is 6.20 Å². The fourth-order valence-corrected chi connectivity index (χ4v) is 1.96. The monoisotopic (exact) mass is 358 g/mol. The number of rotatable bonds is 10. The Labute approximate surface area is 154 Å². The number of nitrogens with one attached hydrogen (secondary N) is 2. The first kappa shape index (κ1) is 21.2. The maximum Gasteiger partial charge on any atom is 0.340 e. The van der Waals surface area contributed by atoms with Gasteiger partial charge in [0.05, 0.1) is 17.9 Å². The van der Waals surface area contributed by atoms with Gasteiger partial charge in [0.1, 0.15) is 11.6 Å². The van der Waals surface area contributed by atoms with Crippen molar-refractivity contribution in [3.63, 3.8) is 0 Å². The van der Waals surface area contributed by atoms with Crippen molar-refractivity contribution in [2.45, 2.75) is 19.8 Å². The van der Waals surface area contributed by atoms with E-state index in [9.17, 15) is 14.9 Å². The second kappa shape index (κ2) is 11.7. The van der Waals surface area contributed by atoms with Crippen molar-refractivity contribution in [1.29, 1.82) is 5.26 Å². The van der Waals surface area contributed by atoms with Crippen molar-refractivity contribution in [1.82, 2.24) is 10.2 Å². The molecular formula is C19H26N4O3. The first-order chi connectivity index (χ1) is 12.5. The SMILES string of the molecule is CCCCOC(=O)c1ccccc1NC(=O)/C(C#N)=C\NCCN(C)C. The number of hydrogen-bond donors (Lipinski definition) is 2. The molecule has 0 atom stereocenters. The number of benzene rings is 1. The predicted molar refractivity (Wildman–Crippen MR) is 101 cm³/mol. The summed E-state index contributed by atoms with van der Waals surface area (Å²) < 4.78 is 5.19. The van der Waals surface area contributed by atoms with Crippen LogP contribution in [0.4, 0.5) is 5.69 Å². The summed E-state index contributed by atoms with van der Waals surface area (Å²) in [6, 6.07) is 8.42. The van der Waals surface area contributed by atoms with Gasteiger partial charge in [0.2, 0.25) is 0 Å². The van der Waals surface area contributed by atoms with Crippen LogP contribution < -0.4 is 10.6 Å². The summed E-state index contributed by atoms with van der Waals surface area (Å²) in [5, 5.41) is 14.7. The topological polar surface area (TPSA) is 94.5 Å². The Balaban J connectivity index is 2.77. The molecule has 0 fully saturated rings. The van der Waals surface area contributed by atoms with Crippen LogP contribution in [0.3, 0.4) is 0 Å². The van der Waals surface area contributed by atoms with Gasteiger partial charge in [-0.1, -0.05) is 25.5 Å². The molecule has 0 heterocycles. The van der Waals surface area contributed by atoms with Gasteiger partial charge >= 0.3 is 5.97 Å². The normalized spacial score (nSPS) is 11.0. The van der Waals surface area contributed by atoms with E-state index in [2.05, 4.69) is 10.6 Å². The van der Waals surface area contributed by atoms with Gasteiger partial charge < -0.3 is 20.3 Å². The molecule has 7 heteroatoms. The van der Waals surface area contributed by atoms with Crippen LogP contribution in [0.5, 0.6) is 0 Å². The number of hydrogen-bond acceptors (Lipinski definition) is 6. The second-order valence-electron chi connectivity index (χ2n) is 5.92. The Morgan fingerprint density at radius 3 is 2.69 bits per heavy atom. The standard InChI is InChI=1S/C19H26N4O3/c1-4-5-12-26-19(25)16-8-6-7-9-17(16)22-18(24)15(13-20)14-21-10-11-23(2)3/h6-9,14,21H,4-5,10-12H2,1-3H3,(H,22,24)/b15-14-. The molecule has 2 N–H and O–H groups in total. The number of nitrogens with zero attached hydrogens (tertiary/aromatic N) is 2. The molecular weight excluding hydrogens is 332 g/mol. The van der Waals surface area contributed by atoms with E-state index in [-0.39, 0.29) is 11.1 Å². The van der Waals surface area contributed by atoms with Gasteiger partial charge in [-0.15, -0.1) is 0 Å². The smallest absolute Gasteiger partial charge is 0.340 e. The number of para-hydroxylation sites is 1. The lowest BCUT2D eigenvalue weighted by molar-refractivity contribution is -0.112. The maximum absolute atomic E-state index is 12.3. The van der Waals surface area contributed by atoms with E-state index in [4.69, 9.17) is 4.74 Å². The van der Waals surface area contributed by atoms with Crippen LogP contribution >= 0.6 is 0 Å². The summed E-state index contributed by atoms with van der Waals surface area (Å²) in [6.07, 6.45) is 3.07. The molecule has 7 nitrogen and oxygen atoms in total. The minimum Gasteiger partial charge on any atom is -0.462 e. The van der Waals surface area contributed by atoms with Crippen LogP contribution in [0.1, 0.15) is 30.1 Å². The molecule has 0 unspecified atom stereocenters. The largest absolute Gasteiger partial charge is 0.462 e. The summed E-state index contributed by atoms with van der Waals surface area (Å²) in [5.41, 5.74) is 0.501. The van der Waals surface area contributed by atoms with Crippen LogP contribution in [0.25, 0.3) is 0 Å². The van der Waals surface area contributed by atoms with Crippen molar-refractivity contribution in [3.8, 4) is 6.07 Å². The van der Waals surface area contributed by atoms with Crippen LogP contribution in [0.15, 0.2) is 36.0 Å². The maximum atomic E-state index is 12.3. The highest BCUT2D eigenvalue weighted by Gasteiger charge is 2.16. The van der Waals surface area contributed by atoms with Gasteiger partial charge in [0.25, 0.3) is 5.91 Å². The molecule has 1 rings (SSSR count). The third kappa shape index (κ3) is 7.36. The van der Waals surface area contributed by atoms with Gasteiger partial charge in [-0.2, -0.15) is 5.26 Å². The Morgan fingerprint density at radius 1 is 1.31 bits per heavy atom. The summed E-state index contributed by atoms with van der Waals surface area (Å²) in [7, 11) is 3.86. The number of likely N-dealkylation sites (N-methyl/N-ethyl adjacent to an activating group) is 1. The van der Waals surface area contributed by atoms with E-state index in [0.717, 1.165) is 19.4 Å². The molecule has 0 aliphatic carbocycles. The first-order valence-corrected chi connectivity index (χ1v) is 8.55. The molecule has 0 bridgehead atoms. The Morgan fingerprint density at radius 2 is 2.04 bits per heavy atom. The highest BCUT2D eigenvalue weighted by molar-refractivity contribution is 6.09. The van der Waals surface area contributed by atoms with E-state index >= 15 is 0 Å². The Hall–Kier alpha value is -2.85. The summed E-state index contributed by atoms with van der Waals surface area (Å²) in [4.78, 5) is 26.4. The zero-order valence-electron chi connectivity index (χ0n) is 15.5. The zero-order valence-corrected chi connectivity index (χ0v) is 15.5. The molecule has 0 aliphatic heterocycles. The van der Waals surface area contributed by atoms with Crippen molar-refractivity contribution < 1.29 is 14.3 Å². The first-order valence-electron chi connectivity index (χ1n) is 8.55. The molecule has 26 heavy (non-hydrogen) atoms. The summed E-state index contributed by atoms with van der Waals surface area (Å²) >= 11 is 0. The highest BCUT2D eigenvalue weighted by atomic mass is 16.5. The molecule has 1 aromatic carbocycles. The minimum atomic E-state index is -0.585. The number of esters is 1. The molecule has 1 aromatic rings. The number of carbonyl (C=O) groups is 2. The molecule has 1 amide bonds. The van der Waals surface area contributed by atoms with Crippen molar-refractivity contribution >= 4 is 17.6 Å². The highest BCUT2D eigenvalue weighted by Crippen LogP contribution is 2.17. The third-order valence-corrected chi connectivity index (χ3v) is 3.44. The summed E-state index contributed by atoms with van der Waals surface area (Å²) in [6.45, 7) is 3.70. The lowest BCUT2D eigenvalue weighted by atomic mass is 10.1. The predicted octanol–water partition coefficient (Wildman–Crippen LogP) is 2.14. The minimum absolute atomic E-state index is 0.0714. The van der Waals surface area contributed by atoms with Gasteiger partial charge in [0, 0.05) is 19.3 Å². The Bertz CT molecular complexity index is 678. The van der Waals surface area contributed by atoms with Crippen LogP contribution in [0.2, 0.25) is 0 Å². The van der Waals surface area contributed by atoms with Crippen LogP contribution in [-0.2, 0) is 9.53 Å². The van der Waals surface area contributed by atoms with Crippen LogP contribution in [0, 0.1) is 11.3 Å².